The van der Waals surface area contributed by atoms with Crippen molar-refractivity contribution >= 4 is 23.2 Å². The van der Waals surface area contributed by atoms with Crippen molar-refractivity contribution in [3.8, 4) is 0 Å². The molecule has 18 heavy (non-hydrogen) atoms. The van der Waals surface area contributed by atoms with Crippen LogP contribution in [0.5, 0.6) is 0 Å². The van der Waals surface area contributed by atoms with Crippen LogP contribution in [0.15, 0.2) is 18.2 Å². The van der Waals surface area contributed by atoms with Gasteiger partial charge in [0.2, 0.25) is 0 Å². The van der Waals surface area contributed by atoms with Crippen LogP contribution in [0.1, 0.15) is 50.6 Å². The molecule has 0 aliphatic heterocycles. The van der Waals surface area contributed by atoms with Crippen molar-refractivity contribution in [3.05, 3.63) is 33.8 Å². The van der Waals surface area contributed by atoms with Gasteiger partial charge in [-0.25, -0.2) is 0 Å². The molecule has 2 rings (SSSR count). The second-order valence-electron chi connectivity index (χ2n) is 5.48. The predicted molar refractivity (Wildman–Crippen MR) is 77.7 cm³/mol. The maximum absolute atomic E-state index is 6.30. The number of halogens is 2. The summed E-state index contributed by atoms with van der Waals surface area (Å²) in [5.41, 5.74) is 4.12. The Labute approximate surface area is 119 Å². The van der Waals surface area contributed by atoms with Gasteiger partial charge in [-0.1, -0.05) is 49.4 Å². The molecule has 1 saturated carbocycles. The number of nitrogens with two attached hydrogens (primary N) is 1. The van der Waals surface area contributed by atoms with Gasteiger partial charge in [-0.2, -0.15) is 0 Å². The molecule has 0 amide bonds. The lowest BCUT2D eigenvalue weighted by Gasteiger charge is -2.41. The standard InChI is InChI=1S/C14H20Cl2N2/c1-14(7-3-2-4-8-14)13(18-17)11-9-10(15)5-6-12(11)16/h5-6,9,13,18H,2-4,7-8,17H2,1H3. The lowest BCUT2D eigenvalue weighted by Crippen LogP contribution is -2.41. The zero-order valence-electron chi connectivity index (χ0n) is 10.7. The van der Waals surface area contributed by atoms with Gasteiger partial charge in [0.1, 0.15) is 0 Å². The fraction of sp³-hybridized carbons (Fsp3) is 0.571. The molecule has 0 heterocycles. The largest absolute Gasteiger partial charge is 0.271 e. The van der Waals surface area contributed by atoms with Gasteiger partial charge in [-0.3, -0.25) is 11.3 Å². The van der Waals surface area contributed by atoms with E-state index < -0.39 is 0 Å². The minimum atomic E-state index is 0.0593. The van der Waals surface area contributed by atoms with Crippen LogP contribution in [-0.2, 0) is 0 Å². The zero-order chi connectivity index (χ0) is 13.2. The Morgan fingerprint density at radius 2 is 1.89 bits per heavy atom. The lowest BCUT2D eigenvalue weighted by molar-refractivity contribution is 0.145. The van der Waals surface area contributed by atoms with Gasteiger partial charge in [0.05, 0.1) is 6.04 Å². The smallest absolute Gasteiger partial charge is 0.0528 e. The summed E-state index contributed by atoms with van der Waals surface area (Å²) in [5.74, 6) is 5.79. The Morgan fingerprint density at radius 1 is 1.22 bits per heavy atom. The van der Waals surface area contributed by atoms with Crippen LogP contribution in [0.3, 0.4) is 0 Å². The van der Waals surface area contributed by atoms with Crippen LogP contribution >= 0.6 is 23.2 Å². The minimum absolute atomic E-state index is 0.0593. The molecule has 1 aromatic rings. The van der Waals surface area contributed by atoms with E-state index in [1.165, 1.54) is 32.1 Å². The molecule has 1 unspecified atom stereocenters. The highest BCUT2D eigenvalue weighted by molar-refractivity contribution is 6.33. The van der Waals surface area contributed by atoms with Crippen molar-refractivity contribution in [1.82, 2.24) is 5.43 Å². The first kappa shape index (κ1) is 14.1. The normalized spacial score (nSPS) is 20.7. The maximum atomic E-state index is 6.30. The van der Waals surface area contributed by atoms with Gasteiger partial charge in [0.15, 0.2) is 0 Å². The summed E-state index contributed by atoms with van der Waals surface area (Å²) in [4.78, 5) is 0. The molecular weight excluding hydrogens is 267 g/mol. The minimum Gasteiger partial charge on any atom is -0.271 e. The van der Waals surface area contributed by atoms with Crippen molar-refractivity contribution in [2.24, 2.45) is 11.3 Å². The Morgan fingerprint density at radius 3 is 2.50 bits per heavy atom. The molecular formula is C14H20Cl2N2. The van der Waals surface area contributed by atoms with Gasteiger partial charge in [-0.05, 0) is 42.0 Å². The lowest BCUT2D eigenvalue weighted by atomic mass is 9.69. The molecule has 100 valence electrons. The Kier molecular flexibility index (Phi) is 4.54. The molecule has 1 aliphatic rings. The second-order valence-corrected chi connectivity index (χ2v) is 6.32. The first-order chi connectivity index (χ1) is 8.57. The van der Waals surface area contributed by atoms with Crippen LogP contribution in [0.25, 0.3) is 0 Å². The third kappa shape index (κ3) is 2.83. The van der Waals surface area contributed by atoms with Crippen molar-refractivity contribution in [3.63, 3.8) is 0 Å². The monoisotopic (exact) mass is 286 g/mol. The molecule has 3 N–H and O–H groups in total. The van der Waals surface area contributed by atoms with Gasteiger partial charge >= 0.3 is 0 Å². The molecule has 1 fully saturated rings. The summed E-state index contributed by atoms with van der Waals surface area (Å²) >= 11 is 12.4. The summed E-state index contributed by atoms with van der Waals surface area (Å²) in [5, 5.41) is 1.43. The Bertz CT molecular complexity index is 414. The summed E-state index contributed by atoms with van der Waals surface area (Å²) in [6, 6.07) is 5.64. The van der Waals surface area contributed by atoms with E-state index in [4.69, 9.17) is 29.0 Å². The molecule has 4 heteroatoms. The summed E-state index contributed by atoms with van der Waals surface area (Å²) in [6.45, 7) is 2.29. The van der Waals surface area contributed by atoms with E-state index in [-0.39, 0.29) is 11.5 Å². The van der Waals surface area contributed by atoms with Crippen LogP contribution in [0.2, 0.25) is 10.0 Å². The van der Waals surface area contributed by atoms with Gasteiger partial charge < -0.3 is 0 Å². The van der Waals surface area contributed by atoms with E-state index in [1.54, 1.807) is 0 Å². The fourth-order valence-corrected chi connectivity index (χ4v) is 3.46. The second kappa shape index (κ2) is 5.79. The quantitative estimate of drug-likeness (QED) is 0.636. The van der Waals surface area contributed by atoms with E-state index in [1.807, 2.05) is 18.2 Å². The Balaban J connectivity index is 2.35. The molecule has 0 aromatic heterocycles. The number of hydrazine groups is 1. The average molecular weight is 287 g/mol. The predicted octanol–water partition coefficient (Wildman–Crippen LogP) is 4.47. The molecule has 0 spiro atoms. The molecule has 0 saturated heterocycles. The highest BCUT2D eigenvalue weighted by Gasteiger charge is 2.36. The molecule has 0 radical (unpaired) electrons. The molecule has 1 aliphatic carbocycles. The SMILES string of the molecule is CC1(C(NN)c2cc(Cl)ccc2Cl)CCCCC1. The molecule has 2 nitrogen and oxygen atoms in total. The third-order valence-electron chi connectivity index (χ3n) is 4.13. The van der Waals surface area contributed by atoms with Crippen LogP contribution in [0.4, 0.5) is 0 Å². The van der Waals surface area contributed by atoms with E-state index in [9.17, 15) is 0 Å². The van der Waals surface area contributed by atoms with Gasteiger partial charge in [0, 0.05) is 10.0 Å². The third-order valence-corrected chi connectivity index (χ3v) is 4.71. The van der Waals surface area contributed by atoms with Crippen molar-refractivity contribution in [1.29, 1.82) is 0 Å². The van der Waals surface area contributed by atoms with Crippen LogP contribution in [0, 0.1) is 5.41 Å². The highest BCUT2D eigenvalue weighted by Crippen LogP contribution is 2.47. The van der Waals surface area contributed by atoms with E-state index >= 15 is 0 Å². The van der Waals surface area contributed by atoms with E-state index in [0.717, 1.165) is 10.6 Å². The Hall–Kier alpha value is -0.280. The topological polar surface area (TPSA) is 38.0 Å². The molecule has 1 atom stereocenters. The number of benzene rings is 1. The fourth-order valence-electron chi connectivity index (χ4n) is 3.05. The first-order valence-electron chi connectivity index (χ1n) is 6.48. The highest BCUT2D eigenvalue weighted by atomic mass is 35.5. The average Bonchev–Trinajstić information content (AvgIpc) is 2.35. The number of hydrogen-bond acceptors (Lipinski definition) is 2. The van der Waals surface area contributed by atoms with Crippen molar-refractivity contribution < 1.29 is 0 Å². The summed E-state index contributed by atoms with van der Waals surface area (Å²) in [6.07, 6.45) is 6.17. The number of hydrogen-bond donors (Lipinski definition) is 2. The molecule has 1 aromatic carbocycles. The van der Waals surface area contributed by atoms with E-state index in [2.05, 4.69) is 12.3 Å². The van der Waals surface area contributed by atoms with Crippen molar-refractivity contribution in [2.75, 3.05) is 0 Å². The summed E-state index contributed by atoms with van der Waals surface area (Å²) < 4.78 is 0. The maximum Gasteiger partial charge on any atom is 0.0528 e. The first-order valence-corrected chi connectivity index (χ1v) is 7.23. The van der Waals surface area contributed by atoms with Gasteiger partial charge in [0.25, 0.3) is 0 Å². The number of nitrogens with one attached hydrogen (secondary N) is 1. The number of rotatable bonds is 3. The zero-order valence-corrected chi connectivity index (χ0v) is 12.2. The van der Waals surface area contributed by atoms with Crippen LogP contribution in [-0.4, -0.2) is 0 Å². The van der Waals surface area contributed by atoms with Crippen molar-refractivity contribution in [2.45, 2.75) is 45.1 Å². The molecule has 0 bridgehead atoms. The van der Waals surface area contributed by atoms with Gasteiger partial charge in [-0.15, -0.1) is 0 Å². The van der Waals surface area contributed by atoms with Crippen LogP contribution < -0.4 is 11.3 Å². The summed E-state index contributed by atoms with van der Waals surface area (Å²) in [7, 11) is 0. The van der Waals surface area contributed by atoms with E-state index in [0.29, 0.717) is 5.02 Å².